The van der Waals surface area contributed by atoms with Crippen molar-refractivity contribution < 1.29 is 9.52 Å². The Morgan fingerprint density at radius 1 is 0.944 bits per heavy atom. The first-order chi connectivity index (χ1) is 17.5. The molecule has 0 fully saturated rings. The Kier molecular flexibility index (Phi) is 5.06. The monoisotopic (exact) mass is 489 g/mol. The van der Waals surface area contributed by atoms with Crippen molar-refractivity contribution >= 4 is 33.5 Å². The number of H-pyrrole nitrogens is 1. The number of phenols is 1. The van der Waals surface area contributed by atoms with E-state index >= 15 is 0 Å². The molecular weight excluding hydrogens is 474 g/mol. The van der Waals surface area contributed by atoms with E-state index in [9.17, 15) is 15.2 Å². The van der Waals surface area contributed by atoms with Crippen molar-refractivity contribution in [2.45, 2.75) is 0 Å². The molecule has 6 aromatic rings. The minimum Gasteiger partial charge on any atom is -0.508 e. The highest BCUT2D eigenvalue weighted by Gasteiger charge is 2.21. The van der Waals surface area contributed by atoms with E-state index in [0.29, 0.717) is 32.9 Å². The molecule has 0 atom stereocenters. The second kappa shape index (κ2) is 8.42. The number of pyridine rings is 1. The number of aromatic hydroxyl groups is 1. The second-order valence-corrected chi connectivity index (χ2v) is 8.75. The lowest BCUT2D eigenvalue weighted by atomic mass is 9.94. The zero-order valence-electron chi connectivity index (χ0n) is 18.6. The van der Waals surface area contributed by atoms with Crippen LogP contribution in [0, 0.1) is 11.3 Å². The first-order valence-corrected chi connectivity index (χ1v) is 11.4. The third-order valence-electron chi connectivity index (χ3n) is 6.13. The fraction of sp³-hybridized carbons (Fsp3) is 0. The Bertz CT molecular complexity index is 1900. The van der Waals surface area contributed by atoms with Crippen LogP contribution >= 0.6 is 11.6 Å². The van der Waals surface area contributed by atoms with E-state index in [1.54, 1.807) is 30.3 Å². The Balaban J connectivity index is 1.68. The number of para-hydroxylation sites is 1. The van der Waals surface area contributed by atoms with Gasteiger partial charge in [-0.2, -0.15) is 5.26 Å². The van der Waals surface area contributed by atoms with Crippen LogP contribution < -0.4 is 5.63 Å². The number of rotatable bonds is 3. The Morgan fingerprint density at radius 3 is 2.56 bits per heavy atom. The van der Waals surface area contributed by atoms with Gasteiger partial charge >= 0.3 is 5.63 Å². The van der Waals surface area contributed by atoms with Gasteiger partial charge in [0.05, 0.1) is 22.5 Å². The average molecular weight is 490 g/mol. The molecule has 0 bridgehead atoms. The standard InChI is InChI=1S/C29H16ClN3O3/c30-18-8-5-16(6-9-18)21-13-26(22-11-17-7-10-19(34)12-27(17)36-29(22)35)33-28(23(21)14-31)24-15-32-25-4-2-1-3-20(24)25/h1-13,15,32,34H. The van der Waals surface area contributed by atoms with Gasteiger partial charge in [0.25, 0.3) is 0 Å². The van der Waals surface area contributed by atoms with Gasteiger partial charge in [0.15, 0.2) is 0 Å². The number of fused-ring (bicyclic) bond motifs is 2. The maximum Gasteiger partial charge on any atom is 0.345 e. The molecule has 0 unspecified atom stereocenters. The van der Waals surface area contributed by atoms with Crippen LogP contribution in [0.5, 0.6) is 5.75 Å². The van der Waals surface area contributed by atoms with E-state index in [2.05, 4.69) is 11.1 Å². The molecule has 0 aliphatic rings. The summed E-state index contributed by atoms with van der Waals surface area (Å²) in [4.78, 5) is 21.1. The lowest BCUT2D eigenvalue weighted by molar-refractivity contribution is 0.473. The van der Waals surface area contributed by atoms with Crippen LogP contribution in [-0.4, -0.2) is 15.1 Å². The summed E-state index contributed by atoms with van der Waals surface area (Å²) in [7, 11) is 0. The fourth-order valence-electron chi connectivity index (χ4n) is 4.39. The third kappa shape index (κ3) is 3.59. The van der Waals surface area contributed by atoms with Crippen molar-refractivity contribution in [2.75, 3.05) is 0 Å². The Labute approximate surface area is 209 Å². The first-order valence-electron chi connectivity index (χ1n) is 11.1. The molecule has 7 heteroatoms. The summed E-state index contributed by atoms with van der Waals surface area (Å²) in [6.07, 6.45) is 1.81. The van der Waals surface area contributed by atoms with E-state index < -0.39 is 5.63 Å². The highest BCUT2D eigenvalue weighted by atomic mass is 35.5. The summed E-state index contributed by atoms with van der Waals surface area (Å²) in [5, 5.41) is 22.1. The molecule has 3 heterocycles. The van der Waals surface area contributed by atoms with Crippen LogP contribution in [0.3, 0.4) is 0 Å². The Morgan fingerprint density at radius 2 is 1.75 bits per heavy atom. The van der Waals surface area contributed by atoms with Gasteiger partial charge in [0.1, 0.15) is 17.4 Å². The predicted molar refractivity (Wildman–Crippen MR) is 140 cm³/mol. The summed E-state index contributed by atoms with van der Waals surface area (Å²) >= 11 is 6.11. The van der Waals surface area contributed by atoms with Crippen molar-refractivity contribution in [3.05, 3.63) is 106 Å². The van der Waals surface area contributed by atoms with Crippen LogP contribution in [-0.2, 0) is 0 Å². The van der Waals surface area contributed by atoms with Gasteiger partial charge in [0.2, 0.25) is 0 Å². The number of nitrogens with zero attached hydrogens (tertiary/aromatic N) is 2. The summed E-state index contributed by atoms with van der Waals surface area (Å²) in [6, 6.07) is 25.2. The number of hydrogen-bond donors (Lipinski definition) is 2. The van der Waals surface area contributed by atoms with Crippen molar-refractivity contribution in [3.8, 4) is 45.5 Å². The molecule has 0 spiro atoms. The average Bonchev–Trinajstić information content (AvgIpc) is 3.32. The van der Waals surface area contributed by atoms with E-state index in [1.807, 2.05) is 42.6 Å². The van der Waals surface area contributed by atoms with E-state index in [1.165, 1.54) is 12.1 Å². The van der Waals surface area contributed by atoms with Crippen LogP contribution in [0.25, 0.3) is 55.5 Å². The number of phenolic OH excluding ortho intramolecular Hbond substituents is 1. The number of hydrogen-bond acceptors (Lipinski definition) is 5. The third-order valence-corrected chi connectivity index (χ3v) is 6.38. The van der Waals surface area contributed by atoms with Crippen LogP contribution in [0.2, 0.25) is 5.02 Å². The molecule has 3 aromatic heterocycles. The molecule has 0 saturated heterocycles. The fourth-order valence-corrected chi connectivity index (χ4v) is 4.52. The number of nitrogens with one attached hydrogen (secondary N) is 1. The summed E-state index contributed by atoms with van der Waals surface area (Å²) < 4.78 is 5.50. The number of aromatic amines is 1. The molecule has 36 heavy (non-hydrogen) atoms. The summed E-state index contributed by atoms with van der Waals surface area (Å²) in [5.74, 6) is 0.00143. The molecule has 0 radical (unpaired) electrons. The van der Waals surface area contributed by atoms with Crippen molar-refractivity contribution in [2.24, 2.45) is 0 Å². The van der Waals surface area contributed by atoms with Crippen molar-refractivity contribution in [3.63, 3.8) is 0 Å². The van der Waals surface area contributed by atoms with E-state index in [-0.39, 0.29) is 16.9 Å². The van der Waals surface area contributed by atoms with Gasteiger partial charge in [-0.1, -0.05) is 41.9 Å². The maximum absolute atomic E-state index is 13.0. The molecule has 0 amide bonds. The van der Waals surface area contributed by atoms with Gasteiger partial charge < -0.3 is 14.5 Å². The van der Waals surface area contributed by atoms with Crippen LogP contribution in [0.1, 0.15) is 5.56 Å². The SMILES string of the molecule is N#Cc1c(-c2ccc(Cl)cc2)cc(-c2cc3ccc(O)cc3oc2=O)nc1-c1c[nH]c2ccccc12. The van der Waals surface area contributed by atoms with Gasteiger partial charge in [-0.25, -0.2) is 9.78 Å². The van der Waals surface area contributed by atoms with Gasteiger partial charge in [0, 0.05) is 44.7 Å². The normalized spacial score (nSPS) is 11.1. The van der Waals surface area contributed by atoms with Crippen LogP contribution in [0.4, 0.5) is 0 Å². The number of benzene rings is 3. The highest BCUT2D eigenvalue weighted by Crippen LogP contribution is 2.37. The molecule has 2 N–H and O–H groups in total. The zero-order valence-corrected chi connectivity index (χ0v) is 19.4. The van der Waals surface area contributed by atoms with Crippen molar-refractivity contribution in [1.82, 2.24) is 9.97 Å². The second-order valence-electron chi connectivity index (χ2n) is 8.31. The summed E-state index contributed by atoms with van der Waals surface area (Å²) in [6.45, 7) is 0. The molecule has 172 valence electrons. The molecule has 0 saturated carbocycles. The minimum absolute atomic E-state index is 0.00143. The maximum atomic E-state index is 13.0. The van der Waals surface area contributed by atoms with Crippen LogP contribution in [0.15, 0.2) is 94.3 Å². The Hall–Kier alpha value is -4.86. The molecule has 6 nitrogen and oxygen atoms in total. The van der Waals surface area contributed by atoms with Gasteiger partial charge in [-0.05, 0) is 48.0 Å². The van der Waals surface area contributed by atoms with Crippen molar-refractivity contribution in [1.29, 1.82) is 5.26 Å². The predicted octanol–water partition coefficient (Wildman–Crippen LogP) is 6.90. The van der Waals surface area contributed by atoms with E-state index in [4.69, 9.17) is 21.0 Å². The molecule has 3 aromatic carbocycles. The quantitative estimate of drug-likeness (QED) is 0.263. The lowest BCUT2D eigenvalue weighted by Gasteiger charge is -2.13. The first kappa shape index (κ1) is 21.7. The lowest BCUT2D eigenvalue weighted by Crippen LogP contribution is -2.06. The zero-order chi connectivity index (χ0) is 24.8. The smallest absolute Gasteiger partial charge is 0.345 e. The number of aromatic nitrogens is 2. The molecule has 0 aliphatic heterocycles. The topological polar surface area (TPSA) is 103 Å². The molecule has 0 aliphatic carbocycles. The minimum atomic E-state index is -0.600. The number of nitriles is 1. The molecule has 6 rings (SSSR count). The number of halogens is 1. The van der Waals surface area contributed by atoms with Gasteiger partial charge in [-0.3, -0.25) is 0 Å². The molecular formula is C29H16ClN3O3. The highest BCUT2D eigenvalue weighted by molar-refractivity contribution is 6.30. The summed E-state index contributed by atoms with van der Waals surface area (Å²) in [5.41, 5.74) is 4.13. The van der Waals surface area contributed by atoms with Gasteiger partial charge in [-0.15, -0.1) is 0 Å². The van der Waals surface area contributed by atoms with E-state index in [0.717, 1.165) is 22.0 Å². The largest absolute Gasteiger partial charge is 0.508 e.